The molecule has 0 aliphatic heterocycles. The lowest BCUT2D eigenvalue weighted by Crippen LogP contribution is -2.41. The highest BCUT2D eigenvalue weighted by Gasteiger charge is 2.15. The molecule has 3 aromatic carbocycles. The minimum atomic E-state index is -0.634. The van der Waals surface area contributed by atoms with E-state index in [9.17, 15) is 24.5 Å². The van der Waals surface area contributed by atoms with Gasteiger partial charge in [-0.3, -0.25) is 35.3 Å². The molecule has 0 spiro atoms. The molecule has 3 amide bonds. The van der Waals surface area contributed by atoms with Gasteiger partial charge in [0, 0.05) is 34.0 Å². The molecule has 0 saturated heterocycles. The predicted molar refractivity (Wildman–Crippen MR) is 120 cm³/mol. The molecule has 0 saturated carbocycles. The molecule has 0 heterocycles. The fraction of sp³-hybridized carbons (Fsp3) is 0.0455. The maximum atomic E-state index is 12.5. The molecule has 3 aromatic rings. The van der Waals surface area contributed by atoms with Crippen molar-refractivity contribution in [1.29, 1.82) is 0 Å². The van der Waals surface area contributed by atoms with Crippen LogP contribution >= 0.6 is 11.6 Å². The Labute approximate surface area is 192 Å². The van der Waals surface area contributed by atoms with E-state index < -0.39 is 22.6 Å². The maximum absolute atomic E-state index is 12.5. The third-order valence-corrected chi connectivity index (χ3v) is 4.65. The maximum Gasteiger partial charge on any atom is 0.273 e. The average Bonchev–Trinajstić information content (AvgIpc) is 2.82. The second-order valence-electron chi connectivity index (χ2n) is 6.59. The first-order valence-electron chi connectivity index (χ1n) is 9.38. The quantitative estimate of drug-likeness (QED) is 0.373. The summed E-state index contributed by atoms with van der Waals surface area (Å²) in [7, 11) is 1.40. The third-order valence-electron chi connectivity index (χ3n) is 4.42. The Hall–Kier alpha value is -4.44. The molecule has 0 atom stereocenters. The Morgan fingerprint density at radius 2 is 1.58 bits per heavy atom. The van der Waals surface area contributed by atoms with E-state index in [-0.39, 0.29) is 28.1 Å². The summed E-state index contributed by atoms with van der Waals surface area (Å²) < 4.78 is 5.11. The Balaban J connectivity index is 1.64. The molecule has 0 aromatic heterocycles. The van der Waals surface area contributed by atoms with E-state index in [0.29, 0.717) is 10.7 Å². The van der Waals surface area contributed by atoms with Crippen LogP contribution in [0.1, 0.15) is 31.1 Å². The highest BCUT2D eigenvalue weighted by Crippen LogP contribution is 2.22. The number of carbonyl (C=O) groups excluding carboxylic acids is 3. The Bertz CT molecular complexity index is 1230. The molecule has 168 valence electrons. The van der Waals surface area contributed by atoms with Crippen molar-refractivity contribution in [2.75, 3.05) is 12.4 Å². The SMILES string of the molecule is COc1ccc(Cl)cc1C(=O)NNC(=O)c1cccc(NC(=O)c2ccc([N+](=O)[O-])cc2)c1. The Kier molecular flexibility index (Phi) is 7.21. The number of nitrogens with zero attached hydrogens (tertiary/aromatic N) is 1. The van der Waals surface area contributed by atoms with Crippen molar-refractivity contribution in [1.82, 2.24) is 10.9 Å². The highest BCUT2D eigenvalue weighted by molar-refractivity contribution is 6.31. The molecular formula is C22H17ClN4O6. The van der Waals surface area contributed by atoms with Crippen LogP contribution in [0.3, 0.4) is 0 Å². The second-order valence-corrected chi connectivity index (χ2v) is 7.03. The molecule has 3 N–H and O–H groups in total. The molecule has 0 aliphatic rings. The van der Waals surface area contributed by atoms with Gasteiger partial charge in [-0.05, 0) is 48.5 Å². The predicted octanol–water partition coefficient (Wildman–Crippen LogP) is 3.58. The van der Waals surface area contributed by atoms with Gasteiger partial charge in [0.15, 0.2) is 0 Å². The zero-order valence-electron chi connectivity index (χ0n) is 17.1. The molecule has 3 rings (SSSR count). The van der Waals surface area contributed by atoms with Crippen LogP contribution in [0.2, 0.25) is 5.02 Å². The Morgan fingerprint density at radius 3 is 2.24 bits per heavy atom. The Morgan fingerprint density at radius 1 is 0.879 bits per heavy atom. The molecular weight excluding hydrogens is 452 g/mol. The van der Waals surface area contributed by atoms with Gasteiger partial charge in [0.25, 0.3) is 23.4 Å². The van der Waals surface area contributed by atoms with Crippen molar-refractivity contribution in [2.45, 2.75) is 0 Å². The standard InChI is InChI=1S/C22H17ClN4O6/c1-33-19-10-7-15(23)12-18(19)22(30)26-25-21(29)14-3-2-4-16(11-14)24-20(28)13-5-8-17(9-6-13)27(31)32/h2-12H,1H3,(H,24,28)(H,25,29)(H,26,30). The normalized spacial score (nSPS) is 10.1. The van der Waals surface area contributed by atoms with Gasteiger partial charge in [-0.25, -0.2) is 0 Å². The molecule has 0 aliphatic carbocycles. The summed E-state index contributed by atoms with van der Waals surface area (Å²) in [6, 6.07) is 15.6. The van der Waals surface area contributed by atoms with Crippen LogP contribution in [-0.4, -0.2) is 29.8 Å². The van der Waals surface area contributed by atoms with Crippen LogP contribution in [0, 0.1) is 10.1 Å². The summed E-state index contributed by atoms with van der Waals surface area (Å²) in [5.74, 6) is -1.49. The van der Waals surface area contributed by atoms with Gasteiger partial charge < -0.3 is 10.1 Å². The summed E-state index contributed by atoms with van der Waals surface area (Å²) >= 11 is 5.91. The number of nitro groups is 1. The number of non-ortho nitro benzene ring substituents is 1. The lowest BCUT2D eigenvalue weighted by Gasteiger charge is -2.11. The summed E-state index contributed by atoms with van der Waals surface area (Å²) in [6.45, 7) is 0. The molecule has 0 radical (unpaired) electrons. The zero-order valence-corrected chi connectivity index (χ0v) is 17.9. The number of nitrogens with one attached hydrogen (secondary N) is 3. The van der Waals surface area contributed by atoms with E-state index in [4.69, 9.17) is 16.3 Å². The van der Waals surface area contributed by atoms with Gasteiger partial charge in [0.1, 0.15) is 5.75 Å². The largest absolute Gasteiger partial charge is 0.496 e. The van der Waals surface area contributed by atoms with E-state index in [1.54, 1.807) is 18.2 Å². The first-order valence-corrected chi connectivity index (χ1v) is 9.76. The van der Waals surface area contributed by atoms with Crippen LogP contribution in [0.4, 0.5) is 11.4 Å². The average molecular weight is 469 g/mol. The number of amides is 3. The number of hydrazine groups is 1. The van der Waals surface area contributed by atoms with E-state index in [1.807, 2.05) is 0 Å². The number of halogens is 1. The number of hydrogen-bond acceptors (Lipinski definition) is 6. The van der Waals surface area contributed by atoms with Crippen LogP contribution in [0.5, 0.6) is 5.75 Å². The monoisotopic (exact) mass is 468 g/mol. The van der Waals surface area contributed by atoms with Crippen LogP contribution in [0.25, 0.3) is 0 Å². The fourth-order valence-electron chi connectivity index (χ4n) is 2.79. The van der Waals surface area contributed by atoms with E-state index in [0.717, 1.165) is 0 Å². The van der Waals surface area contributed by atoms with Crippen LogP contribution in [-0.2, 0) is 0 Å². The minimum absolute atomic E-state index is 0.134. The van der Waals surface area contributed by atoms with E-state index in [1.165, 1.54) is 55.6 Å². The minimum Gasteiger partial charge on any atom is -0.496 e. The summed E-state index contributed by atoms with van der Waals surface area (Å²) in [5.41, 5.74) is 5.24. The van der Waals surface area contributed by atoms with Crippen LogP contribution in [0.15, 0.2) is 66.7 Å². The molecule has 0 unspecified atom stereocenters. The first-order chi connectivity index (χ1) is 15.8. The summed E-state index contributed by atoms with van der Waals surface area (Å²) in [5, 5.41) is 13.7. The van der Waals surface area contributed by atoms with Gasteiger partial charge in [-0.2, -0.15) is 0 Å². The summed E-state index contributed by atoms with van der Waals surface area (Å²) in [6.07, 6.45) is 0. The van der Waals surface area contributed by atoms with Gasteiger partial charge >= 0.3 is 0 Å². The van der Waals surface area contributed by atoms with Gasteiger partial charge in [-0.15, -0.1) is 0 Å². The first kappa shape index (κ1) is 23.2. The van der Waals surface area contributed by atoms with Crippen LogP contribution < -0.4 is 20.9 Å². The van der Waals surface area contributed by atoms with Crippen molar-refractivity contribution in [3.63, 3.8) is 0 Å². The number of methoxy groups -OCH3 is 1. The lowest BCUT2D eigenvalue weighted by molar-refractivity contribution is -0.384. The van der Waals surface area contributed by atoms with Gasteiger partial charge in [-0.1, -0.05) is 17.7 Å². The van der Waals surface area contributed by atoms with Crippen molar-refractivity contribution in [3.05, 3.63) is 98.6 Å². The van der Waals surface area contributed by atoms with E-state index >= 15 is 0 Å². The van der Waals surface area contributed by atoms with Crippen molar-refractivity contribution in [3.8, 4) is 5.75 Å². The number of carbonyl (C=O) groups is 3. The van der Waals surface area contributed by atoms with Gasteiger partial charge in [0.05, 0.1) is 17.6 Å². The van der Waals surface area contributed by atoms with Crippen molar-refractivity contribution in [2.24, 2.45) is 0 Å². The smallest absolute Gasteiger partial charge is 0.273 e. The fourth-order valence-corrected chi connectivity index (χ4v) is 2.96. The number of ether oxygens (including phenoxy) is 1. The van der Waals surface area contributed by atoms with Gasteiger partial charge in [0.2, 0.25) is 0 Å². The number of nitro benzene ring substituents is 1. The second kappa shape index (κ2) is 10.2. The number of benzene rings is 3. The number of hydrogen-bond donors (Lipinski definition) is 3. The number of anilines is 1. The van der Waals surface area contributed by atoms with Crippen molar-refractivity contribution >= 4 is 40.7 Å². The molecule has 0 fully saturated rings. The third kappa shape index (κ3) is 5.83. The highest BCUT2D eigenvalue weighted by atomic mass is 35.5. The molecule has 33 heavy (non-hydrogen) atoms. The zero-order chi connectivity index (χ0) is 24.0. The number of rotatable bonds is 6. The molecule has 10 nitrogen and oxygen atoms in total. The topological polar surface area (TPSA) is 140 Å². The van der Waals surface area contributed by atoms with E-state index in [2.05, 4.69) is 16.2 Å². The lowest BCUT2D eigenvalue weighted by atomic mass is 10.1. The molecule has 11 heteroatoms. The summed E-state index contributed by atoms with van der Waals surface area (Å²) in [4.78, 5) is 47.4. The molecule has 0 bridgehead atoms. The van der Waals surface area contributed by atoms with Crippen molar-refractivity contribution < 1.29 is 24.0 Å².